The Labute approximate surface area is 126 Å². The van der Waals surface area contributed by atoms with E-state index in [2.05, 4.69) is 4.29 Å². The third-order valence-corrected chi connectivity index (χ3v) is 3.36. The second-order valence-corrected chi connectivity index (χ2v) is 4.78. The highest BCUT2D eigenvalue weighted by Gasteiger charge is 2.49. The molecule has 20 heavy (non-hydrogen) atoms. The van der Waals surface area contributed by atoms with Crippen LogP contribution in [0.1, 0.15) is 5.56 Å². The number of ether oxygens (including phenoxy) is 1. The van der Waals surface area contributed by atoms with E-state index in [9.17, 15) is 18.0 Å². The molecule has 3 nitrogen and oxygen atoms in total. The zero-order valence-electron chi connectivity index (χ0n) is 9.30. The van der Waals surface area contributed by atoms with Crippen LogP contribution in [0.5, 0.6) is 5.75 Å². The summed E-state index contributed by atoms with van der Waals surface area (Å²) < 4.78 is 47.2. The van der Waals surface area contributed by atoms with E-state index in [0.29, 0.717) is 0 Å². The van der Waals surface area contributed by atoms with Crippen LogP contribution in [0, 0.1) is 0 Å². The van der Waals surface area contributed by atoms with Gasteiger partial charge in [0, 0.05) is 11.6 Å². The topological polar surface area (TPSA) is 35.5 Å². The summed E-state index contributed by atoms with van der Waals surface area (Å²) in [6, 6.07) is 2.41. The summed E-state index contributed by atoms with van der Waals surface area (Å²) in [5, 5.41) is 0.137. The maximum absolute atomic E-state index is 12.9. The standard InChI is InChI=1S/C11H4Cl3F3O3/c12-6-2-4-1-5(10(18)20-14)9(11(15,16)17)19-8(4)3-7(6)13/h1-3,9H. The molecule has 1 aromatic rings. The van der Waals surface area contributed by atoms with Crippen molar-refractivity contribution in [2.45, 2.75) is 12.3 Å². The SMILES string of the molecule is O=C(OCl)C1=Cc2cc(Cl)c(Cl)cc2OC1C(F)(F)F. The van der Waals surface area contributed by atoms with Crippen molar-refractivity contribution in [1.82, 2.24) is 0 Å². The fourth-order valence-electron chi connectivity index (χ4n) is 1.65. The number of fused-ring (bicyclic) bond motifs is 1. The highest BCUT2D eigenvalue weighted by molar-refractivity contribution is 6.42. The predicted octanol–water partition coefficient (Wildman–Crippen LogP) is 4.40. The lowest BCUT2D eigenvalue weighted by Gasteiger charge is -2.27. The van der Waals surface area contributed by atoms with Gasteiger partial charge in [-0.1, -0.05) is 23.2 Å². The molecule has 0 radical (unpaired) electrons. The van der Waals surface area contributed by atoms with Crippen molar-refractivity contribution in [1.29, 1.82) is 0 Å². The fourth-order valence-corrected chi connectivity index (χ4v) is 2.06. The van der Waals surface area contributed by atoms with Crippen molar-refractivity contribution in [2.24, 2.45) is 0 Å². The Bertz CT molecular complexity index is 599. The van der Waals surface area contributed by atoms with Gasteiger partial charge in [0.25, 0.3) is 0 Å². The zero-order valence-corrected chi connectivity index (χ0v) is 11.6. The van der Waals surface area contributed by atoms with Gasteiger partial charge >= 0.3 is 12.1 Å². The van der Waals surface area contributed by atoms with Gasteiger partial charge in [0.1, 0.15) is 17.6 Å². The summed E-state index contributed by atoms with van der Waals surface area (Å²) >= 11 is 16.3. The Morgan fingerprint density at radius 1 is 1.25 bits per heavy atom. The Morgan fingerprint density at radius 3 is 2.40 bits per heavy atom. The van der Waals surface area contributed by atoms with Crippen LogP contribution in [0.15, 0.2) is 17.7 Å². The third kappa shape index (κ3) is 2.82. The van der Waals surface area contributed by atoms with Crippen LogP contribution < -0.4 is 4.74 Å². The molecule has 0 N–H and O–H groups in total. The second kappa shape index (κ2) is 5.35. The quantitative estimate of drug-likeness (QED) is 0.755. The number of hydrogen-bond donors (Lipinski definition) is 0. The summed E-state index contributed by atoms with van der Waals surface area (Å²) in [6.07, 6.45) is -6.36. The Hall–Kier alpha value is -1.11. The summed E-state index contributed by atoms with van der Waals surface area (Å²) in [7, 11) is 0. The number of halogens is 6. The van der Waals surface area contributed by atoms with Crippen LogP contribution in [-0.4, -0.2) is 18.2 Å². The molecule has 1 aliphatic rings. The van der Waals surface area contributed by atoms with Crippen molar-refractivity contribution >= 4 is 47.1 Å². The Balaban J connectivity index is 2.57. The van der Waals surface area contributed by atoms with Crippen molar-refractivity contribution in [3.8, 4) is 5.75 Å². The van der Waals surface area contributed by atoms with Crippen LogP contribution in [-0.2, 0) is 9.08 Å². The van der Waals surface area contributed by atoms with E-state index in [1.54, 1.807) is 0 Å². The molecule has 0 aliphatic carbocycles. The Morgan fingerprint density at radius 2 is 1.85 bits per heavy atom. The number of carbonyl (C=O) groups is 1. The van der Waals surface area contributed by atoms with E-state index < -0.39 is 23.8 Å². The van der Waals surface area contributed by atoms with E-state index >= 15 is 0 Å². The van der Waals surface area contributed by atoms with E-state index in [1.165, 1.54) is 6.07 Å². The van der Waals surface area contributed by atoms with Gasteiger partial charge in [-0.25, -0.2) is 4.79 Å². The average molecular weight is 348 g/mol. The fraction of sp³-hybridized carbons (Fsp3) is 0.182. The van der Waals surface area contributed by atoms with Gasteiger partial charge in [-0.3, -0.25) is 0 Å². The molecule has 0 saturated heterocycles. The molecule has 1 unspecified atom stereocenters. The monoisotopic (exact) mass is 346 g/mol. The maximum Gasteiger partial charge on any atom is 0.430 e. The normalized spacial score (nSPS) is 17.9. The van der Waals surface area contributed by atoms with Gasteiger partial charge in [0.2, 0.25) is 6.10 Å². The summed E-state index contributed by atoms with van der Waals surface area (Å²) in [6.45, 7) is 0. The first kappa shape index (κ1) is 15.3. The van der Waals surface area contributed by atoms with E-state index in [4.69, 9.17) is 39.8 Å². The molecular formula is C11H4Cl3F3O3. The van der Waals surface area contributed by atoms with E-state index in [1.807, 2.05) is 0 Å². The lowest BCUT2D eigenvalue weighted by Crippen LogP contribution is -2.40. The largest absolute Gasteiger partial charge is 0.475 e. The molecule has 0 spiro atoms. The number of benzene rings is 1. The molecule has 0 fully saturated rings. The Kier molecular flexibility index (Phi) is 4.09. The molecule has 2 rings (SSSR count). The van der Waals surface area contributed by atoms with Gasteiger partial charge in [0.15, 0.2) is 0 Å². The van der Waals surface area contributed by atoms with E-state index in [-0.39, 0.29) is 21.4 Å². The highest BCUT2D eigenvalue weighted by Crippen LogP contribution is 2.40. The summed E-state index contributed by atoms with van der Waals surface area (Å²) in [5.41, 5.74) is -0.615. The van der Waals surface area contributed by atoms with Crippen molar-refractivity contribution in [2.75, 3.05) is 0 Å². The van der Waals surface area contributed by atoms with Crippen LogP contribution in [0.25, 0.3) is 6.08 Å². The number of hydrogen-bond acceptors (Lipinski definition) is 3. The molecule has 0 saturated carbocycles. The predicted molar refractivity (Wildman–Crippen MR) is 66.9 cm³/mol. The minimum Gasteiger partial charge on any atom is -0.475 e. The first-order chi connectivity index (χ1) is 9.24. The number of carbonyl (C=O) groups excluding carboxylic acids is 1. The lowest BCUT2D eigenvalue weighted by molar-refractivity contribution is -0.186. The molecule has 9 heteroatoms. The van der Waals surface area contributed by atoms with E-state index in [0.717, 1.165) is 12.1 Å². The van der Waals surface area contributed by atoms with Crippen LogP contribution >= 0.6 is 35.1 Å². The van der Waals surface area contributed by atoms with Crippen LogP contribution in [0.4, 0.5) is 13.2 Å². The smallest absolute Gasteiger partial charge is 0.430 e. The summed E-state index contributed by atoms with van der Waals surface area (Å²) in [4.78, 5) is 11.3. The molecular weight excluding hydrogens is 343 g/mol. The molecule has 0 aromatic heterocycles. The van der Waals surface area contributed by atoms with Gasteiger partial charge in [0.05, 0.1) is 15.6 Å². The zero-order chi connectivity index (χ0) is 15.1. The van der Waals surface area contributed by atoms with Gasteiger partial charge in [-0.15, -0.1) is 0 Å². The molecule has 1 atom stereocenters. The van der Waals surface area contributed by atoms with Crippen molar-refractivity contribution in [3.63, 3.8) is 0 Å². The number of alkyl halides is 3. The number of rotatable bonds is 1. The molecule has 1 heterocycles. The second-order valence-electron chi connectivity index (χ2n) is 3.81. The first-order valence-corrected chi connectivity index (χ1v) is 6.07. The minimum absolute atomic E-state index is 0.0307. The molecule has 1 aliphatic heterocycles. The molecule has 1 aromatic carbocycles. The van der Waals surface area contributed by atoms with Gasteiger partial charge in [-0.05, 0) is 12.1 Å². The summed E-state index contributed by atoms with van der Waals surface area (Å²) in [5.74, 6) is -1.50. The van der Waals surface area contributed by atoms with Crippen molar-refractivity contribution in [3.05, 3.63) is 33.3 Å². The van der Waals surface area contributed by atoms with Crippen LogP contribution in [0.3, 0.4) is 0 Å². The molecule has 0 bridgehead atoms. The highest BCUT2D eigenvalue weighted by atomic mass is 35.5. The van der Waals surface area contributed by atoms with Crippen LogP contribution in [0.2, 0.25) is 10.0 Å². The maximum atomic E-state index is 12.9. The van der Waals surface area contributed by atoms with Gasteiger partial charge in [-0.2, -0.15) is 13.2 Å². The molecule has 108 valence electrons. The van der Waals surface area contributed by atoms with Gasteiger partial charge < -0.3 is 9.03 Å². The average Bonchev–Trinajstić information content (AvgIpc) is 2.37. The lowest BCUT2D eigenvalue weighted by atomic mass is 10.0. The minimum atomic E-state index is -4.82. The van der Waals surface area contributed by atoms with Crippen molar-refractivity contribution < 1.29 is 27.0 Å². The third-order valence-electron chi connectivity index (χ3n) is 2.49. The first-order valence-electron chi connectivity index (χ1n) is 5.01. The molecule has 0 amide bonds.